The zero-order valence-electron chi connectivity index (χ0n) is 49.9. The smallest absolute Gasteiger partial charge is 0.462 e. The number of phosphoric acid groups is 1. The molecular formula is C67H115NO8P+. The molecule has 0 heterocycles. The number of rotatable bonds is 55. The van der Waals surface area contributed by atoms with E-state index in [9.17, 15) is 19.0 Å². The van der Waals surface area contributed by atoms with Crippen LogP contribution in [0.15, 0.2) is 122 Å². The number of likely N-dealkylation sites (N-methyl/N-ethyl adjacent to an activating group) is 1. The number of phosphoric ester groups is 1. The number of esters is 2. The van der Waals surface area contributed by atoms with Crippen LogP contribution in [0.3, 0.4) is 0 Å². The number of nitrogens with zero attached hydrogens (tertiary/aromatic N) is 1. The van der Waals surface area contributed by atoms with Crippen LogP contribution in [0, 0.1) is 0 Å². The van der Waals surface area contributed by atoms with Crippen LogP contribution >= 0.6 is 7.82 Å². The van der Waals surface area contributed by atoms with E-state index in [1.165, 1.54) is 89.9 Å². The maximum atomic E-state index is 12.8. The van der Waals surface area contributed by atoms with Gasteiger partial charge in [-0.1, -0.05) is 238 Å². The van der Waals surface area contributed by atoms with Crippen LogP contribution < -0.4 is 0 Å². The van der Waals surface area contributed by atoms with Crippen molar-refractivity contribution in [1.29, 1.82) is 0 Å². The highest BCUT2D eigenvalue weighted by atomic mass is 31.2. The summed E-state index contributed by atoms with van der Waals surface area (Å²) in [6, 6.07) is 0. The summed E-state index contributed by atoms with van der Waals surface area (Å²) in [5, 5.41) is 0. The van der Waals surface area contributed by atoms with Crippen LogP contribution in [-0.4, -0.2) is 74.9 Å². The first-order valence-corrected chi connectivity index (χ1v) is 32.3. The summed E-state index contributed by atoms with van der Waals surface area (Å²) in [5.41, 5.74) is 0. The number of ether oxygens (including phenoxy) is 2. The Bertz CT molecular complexity index is 1710. The van der Waals surface area contributed by atoms with Crippen LogP contribution in [0.2, 0.25) is 0 Å². The quantitative estimate of drug-likeness (QED) is 0.0211. The van der Waals surface area contributed by atoms with Gasteiger partial charge in [-0.15, -0.1) is 0 Å². The molecule has 0 bridgehead atoms. The molecule has 440 valence electrons. The standard InChI is InChI=1S/C67H114NO8P/c1-6-8-10-12-14-16-18-20-22-24-26-27-28-29-30-31-32-33-34-35-36-37-38-39-40-41-42-44-46-48-50-52-54-56-58-60-67(70)76-65(64-75-77(71,72)74-62-61-68(3,4)5)63-73-66(69)59-57-55-53-51-49-47-45-43-25-23-21-19-17-15-13-11-9-7-2/h8,10,14,16-17,19-20,22-23,25-27,29-30,32-33,35-36,38-39,65H,6-7,9,11-13,15,18,21,24,28,31,34,37,40-64H2,1-5H3/p+1/b10-8-,16-14-,19-17-,22-20-,25-23-,27-26-,30-29-,33-32-,36-35-,39-38-. The predicted octanol–water partition coefficient (Wildman–Crippen LogP) is 19.5. The summed E-state index contributed by atoms with van der Waals surface area (Å²) < 4.78 is 34.6. The van der Waals surface area contributed by atoms with E-state index in [0.29, 0.717) is 17.4 Å². The molecule has 0 saturated heterocycles. The number of carbonyl (C=O) groups excluding carboxylic acids is 2. The first kappa shape index (κ1) is 73.4. The SMILES string of the molecule is CC/C=C\C/C=C\C/C=C\C/C=C\C/C=C\C/C=C\C/C=C\C/C=C\CCCCCCCCCCCCC(=O)OC(COC(=O)CCCCCCCCC/C=C\C/C=C\CCCCCC)COP(=O)(O)OCC[N+](C)(C)C. The second kappa shape index (κ2) is 57.1. The van der Waals surface area contributed by atoms with E-state index in [2.05, 4.69) is 135 Å². The molecule has 0 rings (SSSR count). The molecule has 2 atom stereocenters. The Morgan fingerprint density at radius 3 is 1.10 bits per heavy atom. The summed E-state index contributed by atoms with van der Waals surface area (Å²) in [4.78, 5) is 35.7. The molecule has 9 nitrogen and oxygen atoms in total. The van der Waals surface area contributed by atoms with E-state index in [-0.39, 0.29) is 32.0 Å². The molecule has 0 aromatic heterocycles. The van der Waals surface area contributed by atoms with Crippen molar-refractivity contribution < 1.29 is 42.1 Å². The summed E-state index contributed by atoms with van der Waals surface area (Å²) in [7, 11) is 1.46. The monoisotopic (exact) mass is 1090 g/mol. The summed E-state index contributed by atoms with van der Waals surface area (Å²) >= 11 is 0. The molecular weight excluding hydrogens is 978 g/mol. The number of allylic oxidation sites excluding steroid dienone is 20. The van der Waals surface area contributed by atoms with Crippen molar-refractivity contribution in [2.75, 3.05) is 47.5 Å². The van der Waals surface area contributed by atoms with E-state index in [0.717, 1.165) is 116 Å². The highest BCUT2D eigenvalue weighted by molar-refractivity contribution is 7.47. The Hall–Kier alpha value is -3.59. The van der Waals surface area contributed by atoms with Crippen molar-refractivity contribution in [2.45, 2.75) is 245 Å². The normalized spacial score (nSPS) is 14.1. The fraction of sp³-hybridized carbons (Fsp3) is 0.672. The molecule has 2 unspecified atom stereocenters. The highest BCUT2D eigenvalue weighted by Crippen LogP contribution is 2.43. The van der Waals surface area contributed by atoms with E-state index < -0.39 is 26.5 Å². The van der Waals surface area contributed by atoms with Gasteiger partial charge < -0.3 is 18.9 Å². The third kappa shape index (κ3) is 61.5. The molecule has 0 spiro atoms. The number of unbranched alkanes of at least 4 members (excludes halogenated alkanes) is 21. The van der Waals surface area contributed by atoms with E-state index in [1.54, 1.807) is 0 Å². The topological polar surface area (TPSA) is 108 Å². The third-order valence-electron chi connectivity index (χ3n) is 12.7. The zero-order chi connectivity index (χ0) is 56.3. The van der Waals surface area contributed by atoms with Gasteiger partial charge in [-0.2, -0.15) is 0 Å². The number of hydrogen-bond acceptors (Lipinski definition) is 7. The minimum atomic E-state index is -4.40. The van der Waals surface area contributed by atoms with Gasteiger partial charge in [0.05, 0.1) is 27.7 Å². The molecule has 0 aliphatic carbocycles. The Balaban J connectivity index is 4.15. The molecule has 1 N–H and O–H groups in total. The van der Waals surface area contributed by atoms with Gasteiger partial charge in [0.2, 0.25) is 0 Å². The number of quaternary nitrogens is 1. The van der Waals surface area contributed by atoms with Crippen LogP contribution in [0.4, 0.5) is 0 Å². The van der Waals surface area contributed by atoms with Crippen molar-refractivity contribution >= 4 is 19.8 Å². The minimum Gasteiger partial charge on any atom is -0.462 e. The van der Waals surface area contributed by atoms with Crippen molar-refractivity contribution in [1.82, 2.24) is 0 Å². The van der Waals surface area contributed by atoms with Gasteiger partial charge in [0.15, 0.2) is 6.10 Å². The predicted molar refractivity (Wildman–Crippen MR) is 330 cm³/mol. The van der Waals surface area contributed by atoms with Gasteiger partial charge in [0, 0.05) is 12.8 Å². The van der Waals surface area contributed by atoms with Crippen LogP contribution in [0.5, 0.6) is 0 Å². The molecule has 0 aromatic carbocycles. The Labute approximate surface area is 473 Å². The Kier molecular flexibility index (Phi) is 54.4. The molecule has 0 radical (unpaired) electrons. The molecule has 0 aromatic rings. The molecule has 0 aliphatic heterocycles. The van der Waals surface area contributed by atoms with E-state index in [1.807, 2.05) is 21.1 Å². The maximum absolute atomic E-state index is 12.8. The highest BCUT2D eigenvalue weighted by Gasteiger charge is 2.27. The van der Waals surface area contributed by atoms with Gasteiger partial charge in [0.25, 0.3) is 0 Å². The average molecular weight is 1090 g/mol. The van der Waals surface area contributed by atoms with Crippen LogP contribution in [0.1, 0.15) is 239 Å². The van der Waals surface area contributed by atoms with Crippen molar-refractivity contribution in [3.8, 4) is 0 Å². The summed E-state index contributed by atoms with van der Waals surface area (Å²) in [5.74, 6) is -0.816. The minimum absolute atomic E-state index is 0.0239. The fourth-order valence-electron chi connectivity index (χ4n) is 8.00. The maximum Gasteiger partial charge on any atom is 0.472 e. The summed E-state index contributed by atoms with van der Waals surface area (Å²) in [6.45, 7) is 4.28. The van der Waals surface area contributed by atoms with Crippen LogP contribution in [-0.2, 0) is 32.7 Å². The molecule has 0 aliphatic rings. The van der Waals surface area contributed by atoms with Crippen molar-refractivity contribution in [3.63, 3.8) is 0 Å². The lowest BCUT2D eigenvalue weighted by Gasteiger charge is -2.24. The van der Waals surface area contributed by atoms with E-state index in [4.69, 9.17) is 18.5 Å². The molecule has 0 amide bonds. The van der Waals surface area contributed by atoms with Crippen LogP contribution in [0.25, 0.3) is 0 Å². The third-order valence-corrected chi connectivity index (χ3v) is 13.7. The fourth-order valence-corrected chi connectivity index (χ4v) is 8.74. The first-order chi connectivity index (χ1) is 37.5. The zero-order valence-corrected chi connectivity index (χ0v) is 50.8. The Morgan fingerprint density at radius 1 is 0.416 bits per heavy atom. The molecule has 10 heteroatoms. The molecule has 0 saturated carbocycles. The van der Waals surface area contributed by atoms with Crippen molar-refractivity contribution in [2.24, 2.45) is 0 Å². The average Bonchev–Trinajstić information content (AvgIpc) is 3.39. The lowest BCUT2D eigenvalue weighted by atomic mass is 10.0. The number of carbonyl (C=O) groups is 2. The van der Waals surface area contributed by atoms with E-state index >= 15 is 0 Å². The van der Waals surface area contributed by atoms with Gasteiger partial charge >= 0.3 is 19.8 Å². The lowest BCUT2D eigenvalue weighted by molar-refractivity contribution is -0.870. The second-order valence-corrected chi connectivity index (χ2v) is 22.8. The summed E-state index contributed by atoms with van der Waals surface area (Å²) in [6.07, 6.45) is 81.3. The number of hydrogen-bond donors (Lipinski definition) is 1. The molecule has 77 heavy (non-hydrogen) atoms. The van der Waals surface area contributed by atoms with Gasteiger partial charge in [-0.3, -0.25) is 18.6 Å². The first-order valence-electron chi connectivity index (χ1n) is 30.8. The molecule has 0 fully saturated rings. The second-order valence-electron chi connectivity index (χ2n) is 21.4. The van der Waals surface area contributed by atoms with Gasteiger partial charge in [0.1, 0.15) is 19.8 Å². The largest absolute Gasteiger partial charge is 0.472 e. The van der Waals surface area contributed by atoms with Gasteiger partial charge in [-0.05, 0) is 109 Å². The van der Waals surface area contributed by atoms with Gasteiger partial charge in [-0.25, -0.2) is 4.57 Å². The lowest BCUT2D eigenvalue weighted by Crippen LogP contribution is -2.37. The van der Waals surface area contributed by atoms with Crippen molar-refractivity contribution in [3.05, 3.63) is 122 Å². The Morgan fingerprint density at radius 2 is 0.740 bits per heavy atom.